The highest BCUT2D eigenvalue weighted by molar-refractivity contribution is 7.15. The van der Waals surface area contributed by atoms with Crippen LogP contribution in [0.3, 0.4) is 0 Å². The zero-order valence-electron chi connectivity index (χ0n) is 18.9. The van der Waals surface area contributed by atoms with Gasteiger partial charge in [-0.3, -0.25) is 25.2 Å². The first-order chi connectivity index (χ1) is 15.1. The number of hydrogen-bond acceptors (Lipinski definition) is 7. The summed E-state index contributed by atoms with van der Waals surface area (Å²) < 4.78 is 0. The molecule has 2 aromatic rings. The highest BCUT2D eigenvalue weighted by Crippen LogP contribution is 2.26. The average Bonchev–Trinajstić information content (AvgIpc) is 3.33. The molecule has 1 aliphatic rings. The number of anilines is 1. The fourth-order valence-electron chi connectivity index (χ4n) is 3.08. The number of hydrazine groups is 2. The van der Waals surface area contributed by atoms with E-state index in [-0.39, 0.29) is 11.8 Å². The van der Waals surface area contributed by atoms with Crippen LogP contribution in [0.1, 0.15) is 44.3 Å². The van der Waals surface area contributed by atoms with Crippen LogP contribution in [0.25, 0.3) is 0 Å². The Balaban J connectivity index is 1.69. The number of rotatable bonds is 6. The molecule has 0 atom stereocenters. The predicted octanol–water partition coefficient (Wildman–Crippen LogP) is 2.50. The zero-order chi connectivity index (χ0) is 23.6. The fourth-order valence-corrected chi connectivity index (χ4v) is 3.88. The number of aryl methyl sites for hydroxylation is 2. The van der Waals surface area contributed by atoms with Crippen LogP contribution in [0.5, 0.6) is 0 Å². The first kappa shape index (κ1) is 23.2. The quantitative estimate of drug-likeness (QED) is 0.459. The summed E-state index contributed by atoms with van der Waals surface area (Å²) in [5.74, 6) is -0.978. The summed E-state index contributed by atoms with van der Waals surface area (Å²) in [5.41, 5.74) is 12.3. The summed E-state index contributed by atoms with van der Waals surface area (Å²) in [7, 11) is 3.41. The third-order valence-corrected chi connectivity index (χ3v) is 5.95. The molecule has 10 heteroatoms. The standard InChI is InChI=1S/C22H26N6O3S/c1-12-7-8-16(11-13(12)2)28-22(31)19(15(4)25-28)14(3)23-24-20(29)17-9-10-18(32-17)21(30)26-27(5)6/h7-11,23H,1-6H3,(H,24,29)(H,26,30)/b19-14-. The van der Waals surface area contributed by atoms with Crippen LogP contribution in [0.4, 0.5) is 5.69 Å². The average molecular weight is 455 g/mol. The SMILES string of the molecule is CC1=NN(c2ccc(C)c(C)c2)C(=O)/C1=C(/C)NNC(=O)c1ccc(C(=O)NN(C)C)s1. The van der Waals surface area contributed by atoms with Crippen LogP contribution >= 0.6 is 11.3 Å². The van der Waals surface area contributed by atoms with E-state index in [4.69, 9.17) is 0 Å². The number of hydrogen-bond donors (Lipinski definition) is 3. The zero-order valence-corrected chi connectivity index (χ0v) is 19.7. The van der Waals surface area contributed by atoms with Gasteiger partial charge in [0.15, 0.2) is 0 Å². The van der Waals surface area contributed by atoms with E-state index in [0.29, 0.717) is 32.4 Å². The van der Waals surface area contributed by atoms with Gasteiger partial charge in [-0.15, -0.1) is 11.3 Å². The molecule has 1 aromatic carbocycles. The van der Waals surface area contributed by atoms with E-state index in [1.54, 1.807) is 40.1 Å². The molecule has 0 fully saturated rings. The molecule has 168 valence electrons. The minimum Gasteiger partial charge on any atom is -0.302 e. The van der Waals surface area contributed by atoms with Crippen molar-refractivity contribution < 1.29 is 14.4 Å². The number of benzene rings is 1. The lowest BCUT2D eigenvalue weighted by atomic mass is 10.1. The lowest BCUT2D eigenvalue weighted by Gasteiger charge is -2.14. The van der Waals surface area contributed by atoms with Gasteiger partial charge in [0.05, 0.1) is 26.7 Å². The Bertz CT molecular complexity index is 1150. The Morgan fingerprint density at radius 3 is 2.25 bits per heavy atom. The van der Waals surface area contributed by atoms with Crippen LogP contribution in [0.15, 0.2) is 46.7 Å². The van der Waals surface area contributed by atoms with Gasteiger partial charge < -0.3 is 5.43 Å². The van der Waals surface area contributed by atoms with E-state index in [1.165, 1.54) is 10.0 Å². The number of allylic oxidation sites excluding steroid dienone is 1. The monoisotopic (exact) mass is 454 g/mol. The first-order valence-corrected chi connectivity index (χ1v) is 10.7. The van der Waals surface area contributed by atoms with Gasteiger partial charge in [0.1, 0.15) is 0 Å². The van der Waals surface area contributed by atoms with Crippen molar-refractivity contribution in [1.29, 1.82) is 0 Å². The molecular formula is C22H26N6O3S. The summed E-state index contributed by atoms with van der Waals surface area (Å²) in [5, 5.41) is 7.28. The van der Waals surface area contributed by atoms with Gasteiger partial charge in [-0.25, -0.2) is 5.01 Å². The Labute approximate surface area is 190 Å². The second-order valence-corrected chi connectivity index (χ2v) is 8.73. The van der Waals surface area contributed by atoms with Crippen molar-refractivity contribution in [2.24, 2.45) is 5.10 Å². The summed E-state index contributed by atoms with van der Waals surface area (Å²) in [6.45, 7) is 7.43. The first-order valence-electron chi connectivity index (χ1n) is 9.91. The number of carbonyl (C=O) groups excluding carboxylic acids is 3. The normalized spacial score (nSPS) is 15.0. The molecule has 1 aromatic heterocycles. The molecule has 2 heterocycles. The lowest BCUT2D eigenvalue weighted by Crippen LogP contribution is -2.37. The number of amides is 3. The smallest absolute Gasteiger partial charge is 0.282 e. The second-order valence-electron chi connectivity index (χ2n) is 7.65. The van der Waals surface area contributed by atoms with Gasteiger partial charge in [-0.2, -0.15) is 10.1 Å². The largest absolute Gasteiger partial charge is 0.302 e. The molecule has 0 aliphatic carbocycles. The molecule has 3 amide bonds. The second kappa shape index (κ2) is 9.33. The molecule has 1 aliphatic heterocycles. The minimum absolute atomic E-state index is 0.274. The molecule has 0 saturated carbocycles. The molecular weight excluding hydrogens is 428 g/mol. The van der Waals surface area contributed by atoms with Gasteiger partial charge >= 0.3 is 0 Å². The van der Waals surface area contributed by atoms with E-state index in [1.807, 2.05) is 32.0 Å². The number of nitrogens with one attached hydrogen (secondary N) is 3. The van der Waals surface area contributed by atoms with Crippen molar-refractivity contribution in [1.82, 2.24) is 21.3 Å². The van der Waals surface area contributed by atoms with Gasteiger partial charge in [0.2, 0.25) is 0 Å². The molecule has 0 spiro atoms. The van der Waals surface area contributed by atoms with Crippen molar-refractivity contribution in [2.75, 3.05) is 19.1 Å². The third kappa shape index (κ3) is 4.87. The van der Waals surface area contributed by atoms with Crippen molar-refractivity contribution >= 4 is 40.5 Å². The number of hydrazone groups is 1. The van der Waals surface area contributed by atoms with E-state index < -0.39 is 5.91 Å². The fraction of sp³-hybridized carbons (Fsp3) is 0.273. The van der Waals surface area contributed by atoms with Crippen LogP contribution < -0.4 is 21.3 Å². The van der Waals surface area contributed by atoms with Gasteiger partial charge in [-0.05, 0) is 63.1 Å². The predicted molar refractivity (Wildman–Crippen MR) is 125 cm³/mol. The highest BCUT2D eigenvalue weighted by atomic mass is 32.1. The molecule has 0 unspecified atom stereocenters. The third-order valence-electron chi connectivity index (χ3n) is 4.87. The Morgan fingerprint density at radius 1 is 0.969 bits per heavy atom. The topological polar surface area (TPSA) is 106 Å². The molecule has 0 saturated heterocycles. The number of thiophene rings is 1. The van der Waals surface area contributed by atoms with E-state index in [0.717, 1.165) is 22.5 Å². The Hall–Kier alpha value is -3.50. The summed E-state index contributed by atoms with van der Waals surface area (Å²) in [6, 6.07) is 8.87. The number of nitrogens with zero attached hydrogens (tertiary/aromatic N) is 3. The molecule has 3 rings (SSSR count). The van der Waals surface area contributed by atoms with Crippen LogP contribution in [-0.2, 0) is 4.79 Å². The van der Waals surface area contributed by atoms with Crippen molar-refractivity contribution in [3.05, 3.63) is 62.5 Å². The van der Waals surface area contributed by atoms with E-state index in [9.17, 15) is 14.4 Å². The van der Waals surface area contributed by atoms with Crippen molar-refractivity contribution in [3.8, 4) is 0 Å². The summed E-state index contributed by atoms with van der Waals surface area (Å²) in [4.78, 5) is 38.3. The molecule has 9 nitrogen and oxygen atoms in total. The summed E-state index contributed by atoms with van der Waals surface area (Å²) in [6.07, 6.45) is 0. The highest BCUT2D eigenvalue weighted by Gasteiger charge is 2.31. The van der Waals surface area contributed by atoms with E-state index in [2.05, 4.69) is 21.4 Å². The van der Waals surface area contributed by atoms with Crippen molar-refractivity contribution in [3.63, 3.8) is 0 Å². The minimum atomic E-state index is -0.412. The molecule has 0 bridgehead atoms. The summed E-state index contributed by atoms with van der Waals surface area (Å²) >= 11 is 1.07. The molecule has 32 heavy (non-hydrogen) atoms. The maximum absolute atomic E-state index is 13.0. The van der Waals surface area contributed by atoms with Crippen LogP contribution in [0.2, 0.25) is 0 Å². The van der Waals surface area contributed by atoms with Gasteiger partial charge in [0, 0.05) is 19.8 Å². The van der Waals surface area contributed by atoms with Crippen LogP contribution in [-0.4, -0.2) is 42.5 Å². The number of carbonyl (C=O) groups is 3. The van der Waals surface area contributed by atoms with Gasteiger partial charge in [0.25, 0.3) is 17.7 Å². The molecule has 3 N–H and O–H groups in total. The molecule has 0 radical (unpaired) electrons. The van der Waals surface area contributed by atoms with Gasteiger partial charge in [-0.1, -0.05) is 6.07 Å². The lowest BCUT2D eigenvalue weighted by molar-refractivity contribution is -0.114. The maximum atomic E-state index is 13.0. The van der Waals surface area contributed by atoms with E-state index >= 15 is 0 Å². The Morgan fingerprint density at radius 2 is 1.62 bits per heavy atom. The Kier molecular flexibility index (Phi) is 6.75. The van der Waals surface area contributed by atoms with Crippen LogP contribution in [0, 0.1) is 13.8 Å². The van der Waals surface area contributed by atoms with Crippen molar-refractivity contribution in [2.45, 2.75) is 27.7 Å². The maximum Gasteiger partial charge on any atom is 0.282 e.